The summed E-state index contributed by atoms with van der Waals surface area (Å²) in [4.78, 5) is 12.2. The number of hydrogen-bond acceptors (Lipinski definition) is 5. The molecule has 0 radical (unpaired) electrons. The van der Waals surface area contributed by atoms with Crippen molar-refractivity contribution in [1.82, 2.24) is 5.32 Å². The van der Waals surface area contributed by atoms with Gasteiger partial charge in [-0.2, -0.15) is 0 Å². The third-order valence-corrected chi connectivity index (χ3v) is 4.24. The summed E-state index contributed by atoms with van der Waals surface area (Å²) in [6, 6.07) is 11.4. The minimum Gasteiger partial charge on any atom is -0.493 e. The molecule has 0 heterocycles. The average molecular weight is 414 g/mol. The van der Waals surface area contributed by atoms with Crippen molar-refractivity contribution in [2.24, 2.45) is 0 Å². The van der Waals surface area contributed by atoms with Crippen LogP contribution in [0.5, 0.6) is 23.0 Å². The van der Waals surface area contributed by atoms with E-state index >= 15 is 0 Å². The van der Waals surface area contributed by atoms with Crippen LogP contribution in [-0.2, 0) is 11.2 Å². The molecule has 162 valence electrons. The van der Waals surface area contributed by atoms with Gasteiger partial charge in [-0.05, 0) is 68.7 Å². The maximum Gasteiger partial charge on any atom is 0.244 e. The van der Waals surface area contributed by atoms with E-state index in [1.165, 1.54) is 6.08 Å². The highest BCUT2D eigenvalue weighted by Crippen LogP contribution is 2.29. The topological polar surface area (TPSA) is 66.0 Å². The first-order chi connectivity index (χ1) is 14.6. The highest BCUT2D eigenvalue weighted by molar-refractivity contribution is 5.91. The van der Waals surface area contributed by atoms with Crippen molar-refractivity contribution >= 4 is 12.0 Å². The number of ether oxygens (including phenoxy) is 4. The smallest absolute Gasteiger partial charge is 0.244 e. The molecule has 0 unspecified atom stereocenters. The van der Waals surface area contributed by atoms with Gasteiger partial charge in [-0.15, -0.1) is 0 Å². The van der Waals surface area contributed by atoms with E-state index in [1.54, 1.807) is 13.2 Å². The summed E-state index contributed by atoms with van der Waals surface area (Å²) < 4.78 is 22.1. The first kappa shape index (κ1) is 23.1. The van der Waals surface area contributed by atoms with Crippen LogP contribution in [0.1, 0.15) is 31.9 Å². The first-order valence-electron chi connectivity index (χ1n) is 10.3. The van der Waals surface area contributed by atoms with Crippen LogP contribution in [0, 0.1) is 0 Å². The van der Waals surface area contributed by atoms with Gasteiger partial charge in [0.05, 0.1) is 26.9 Å². The third kappa shape index (κ3) is 7.03. The zero-order valence-corrected chi connectivity index (χ0v) is 18.2. The maximum atomic E-state index is 12.2. The fraction of sp³-hybridized carbons (Fsp3) is 0.375. The van der Waals surface area contributed by atoms with Gasteiger partial charge in [-0.3, -0.25) is 4.79 Å². The van der Waals surface area contributed by atoms with E-state index in [9.17, 15) is 4.79 Å². The molecule has 0 aliphatic heterocycles. The Balaban J connectivity index is 1.90. The fourth-order valence-electron chi connectivity index (χ4n) is 2.88. The van der Waals surface area contributed by atoms with E-state index < -0.39 is 0 Å². The summed E-state index contributed by atoms with van der Waals surface area (Å²) in [6.07, 6.45) is 3.96. The lowest BCUT2D eigenvalue weighted by molar-refractivity contribution is -0.116. The third-order valence-electron chi connectivity index (χ3n) is 4.24. The number of amides is 1. The van der Waals surface area contributed by atoms with Gasteiger partial charge in [-0.1, -0.05) is 12.1 Å². The number of nitrogens with one attached hydrogen (secondary N) is 1. The Hall–Kier alpha value is -3.15. The molecule has 2 rings (SSSR count). The highest BCUT2D eigenvalue weighted by Gasteiger charge is 2.07. The molecule has 0 fully saturated rings. The van der Waals surface area contributed by atoms with E-state index in [0.29, 0.717) is 44.3 Å². The van der Waals surface area contributed by atoms with Crippen molar-refractivity contribution in [3.63, 3.8) is 0 Å². The Labute approximate surface area is 178 Å². The number of carbonyl (C=O) groups excluding carboxylic acids is 1. The van der Waals surface area contributed by atoms with E-state index in [1.807, 2.05) is 57.2 Å². The highest BCUT2D eigenvalue weighted by atomic mass is 16.5. The van der Waals surface area contributed by atoms with Gasteiger partial charge in [-0.25, -0.2) is 0 Å². The molecule has 1 N–H and O–H groups in total. The van der Waals surface area contributed by atoms with E-state index in [0.717, 1.165) is 22.6 Å². The Morgan fingerprint density at radius 2 is 1.50 bits per heavy atom. The Bertz CT molecular complexity index is 847. The molecule has 6 heteroatoms. The lowest BCUT2D eigenvalue weighted by Crippen LogP contribution is -2.23. The van der Waals surface area contributed by atoms with E-state index in [-0.39, 0.29) is 5.91 Å². The molecule has 1 amide bonds. The maximum absolute atomic E-state index is 12.2. The van der Waals surface area contributed by atoms with Gasteiger partial charge >= 0.3 is 0 Å². The fourth-order valence-corrected chi connectivity index (χ4v) is 2.88. The molecule has 0 spiro atoms. The molecule has 0 saturated heterocycles. The van der Waals surface area contributed by atoms with Gasteiger partial charge in [0.2, 0.25) is 5.91 Å². The minimum atomic E-state index is -0.153. The van der Waals surface area contributed by atoms with E-state index in [4.69, 9.17) is 18.9 Å². The van der Waals surface area contributed by atoms with Crippen LogP contribution in [0.3, 0.4) is 0 Å². The molecule has 0 aliphatic rings. The molecule has 0 aromatic heterocycles. The minimum absolute atomic E-state index is 0.153. The molecule has 30 heavy (non-hydrogen) atoms. The molecule has 6 nitrogen and oxygen atoms in total. The van der Waals surface area contributed by atoms with Crippen molar-refractivity contribution in [2.75, 3.05) is 33.5 Å². The number of benzene rings is 2. The van der Waals surface area contributed by atoms with Crippen molar-refractivity contribution in [3.05, 3.63) is 53.6 Å². The Kier molecular flexibility index (Phi) is 9.58. The zero-order valence-electron chi connectivity index (χ0n) is 18.2. The predicted octanol–water partition coefficient (Wildman–Crippen LogP) is 4.26. The molecular formula is C24H31NO5. The van der Waals surface area contributed by atoms with Gasteiger partial charge in [0.15, 0.2) is 23.0 Å². The summed E-state index contributed by atoms with van der Waals surface area (Å²) in [5.74, 6) is 2.64. The molecule has 0 aliphatic carbocycles. The molecule has 2 aromatic rings. The van der Waals surface area contributed by atoms with Gasteiger partial charge in [0.1, 0.15) is 0 Å². The van der Waals surface area contributed by atoms with Crippen molar-refractivity contribution in [3.8, 4) is 23.0 Å². The molecule has 0 bridgehead atoms. The van der Waals surface area contributed by atoms with Crippen molar-refractivity contribution in [2.45, 2.75) is 27.2 Å². The number of carbonyl (C=O) groups is 1. The van der Waals surface area contributed by atoms with Crippen LogP contribution >= 0.6 is 0 Å². The average Bonchev–Trinajstić information content (AvgIpc) is 2.75. The van der Waals surface area contributed by atoms with Crippen LogP contribution in [0.25, 0.3) is 6.08 Å². The molecule has 2 aromatic carbocycles. The molecular weight excluding hydrogens is 382 g/mol. The van der Waals surface area contributed by atoms with Crippen LogP contribution in [0.2, 0.25) is 0 Å². The molecule has 0 atom stereocenters. The summed E-state index contributed by atoms with van der Waals surface area (Å²) >= 11 is 0. The number of rotatable bonds is 12. The van der Waals surface area contributed by atoms with Gasteiger partial charge < -0.3 is 24.3 Å². The second-order valence-electron chi connectivity index (χ2n) is 6.36. The lowest BCUT2D eigenvalue weighted by atomic mass is 10.1. The zero-order chi connectivity index (χ0) is 21.8. The van der Waals surface area contributed by atoms with Gasteiger partial charge in [0, 0.05) is 12.6 Å². The van der Waals surface area contributed by atoms with Gasteiger partial charge in [0.25, 0.3) is 0 Å². The summed E-state index contributed by atoms with van der Waals surface area (Å²) in [6.45, 7) is 8.02. The van der Waals surface area contributed by atoms with Crippen LogP contribution in [0.4, 0.5) is 0 Å². The lowest BCUT2D eigenvalue weighted by Gasteiger charge is -2.12. The summed E-state index contributed by atoms with van der Waals surface area (Å²) in [5.41, 5.74) is 1.94. The van der Waals surface area contributed by atoms with Crippen LogP contribution in [-0.4, -0.2) is 39.4 Å². The van der Waals surface area contributed by atoms with Crippen molar-refractivity contribution < 1.29 is 23.7 Å². The SMILES string of the molecule is CCOc1cc(/C=C/C(=O)NCCc2ccc(OCC)c(OCC)c2)ccc1OC. The second kappa shape index (κ2) is 12.4. The predicted molar refractivity (Wildman–Crippen MR) is 119 cm³/mol. The Morgan fingerprint density at radius 3 is 2.17 bits per heavy atom. The van der Waals surface area contributed by atoms with Crippen molar-refractivity contribution in [1.29, 1.82) is 0 Å². The summed E-state index contributed by atoms with van der Waals surface area (Å²) in [5, 5.41) is 2.90. The van der Waals surface area contributed by atoms with E-state index in [2.05, 4.69) is 5.32 Å². The molecule has 0 saturated carbocycles. The van der Waals surface area contributed by atoms with Crippen LogP contribution in [0.15, 0.2) is 42.5 Å². The van der Waals surface area contributed by atoms with Crippen LogP contribution < -0.4 is 24.3 Å². The standard InChI is InChI=1S/C24H31NO5/c1-5-28-21-12-9-19(17-23(21)30-7-3)14-15-25-24(26)13-10-18-8-11-20(27-4)22(16-18)29-6-2/h8-13,16-17H,5-7,14-15H2,1-4H3,(H,25,26)/b13-10+. The first-order valence-corrected chi connectivity index (χ1v) is 10.3. The number of hydrogen-bond donors (Lipinski definition) is 1. The second-order valence-corrected chi connectivity index (χ2v) is 6.36. The quantitative estimate of drug-likeness (QED) is 0.527. The number of methoxy groups -OCH3 is 1. The largest absolute Gasteiger partial charge is 0.493 e. The Morgan fingerprint density at radius 1 is 0.867 bits per heavy atom. The monoisotopic (exact) mass is 413 g/mol. The summed E-state index contributed by atoms with van der Waals surface area (Å²) in [7, 11) is 1.60. The normalized spacial score (nSPS) is 10.7.